The number of aliphatic carboxylic acids is 1. The second-order valence-electron chi connectivity index (χ2n) is 4.01. The van der Waals surface area contributed by atoms with Crippen molar-refractivity contribution in [1.29, 1.82) is 0 Å². The van der Waals surface area contributed by atoms with Crippen LogP contribution < -0.4 is 5.73 Å². The van der Waals surface area contributed by atoms with Crippen LogP contribution in [-0.2, 0) is 14.4 Å². The van der Waals surface area contributed by atoms with Crippen LogP contribution in [0.25, 0.3) is 0 Å². The van der Waals surface area contributed by atoms with Crippen molar-refractivity contribution in [2.24, 2.45) is 5.73 Å². The van der Waals surface area contributed by atoms with Gasteiger partial charge in [0.05, 0.1) is 12.5 Å². The molecule has 1 unspecified atom stereocenters. The Balaban J connectivity index is 2.31. The monoisotopic (exact) mass is 227 g/mol. The Morgan fingerprint density at radius 3 is 2.75 bits per heavy atom. The van der Waals surface area contributed by atoms with Crippen LogP contribution in [0.4, 0.5) is 0 Å². The lowest BCUT2D eigenvalue weighted by Gasteiger charge is -2.46. The highest BCUT2D eigenvalue weighted by Gasteiger charge is 2.45. The number of nitrogens with two attached hydrogens (primary N) is 1. The molecule has 0 aliphatic carbocycles. The van der Waals surface area contributed by atoms with Crippen molar-refractivity contribution >= 4 is 17.8 Å². The fourth-order valence-electron chi connectivity index (χ4n) is 2.13. The van der Waals surface area contributed by atoms with Crippen molar-refractivity contribution in [3.05, 3.63) is 0 Å². The lowest BCUT2D eigenvalue weighted by Crippen LogP contribution is -2.67. The highest BCUT2D eigenvalue weighted by molar-refractivity contribution is 5.95. The van der Waals surface area contributed by atoms with Crippen molar-refractivity contribution in [3.63, 3.8) is 0 Å². The van der Waals surface area contributed by atoms with Crippen LogP contribution in [0, 0.1) is 0 Å². The standard InChI is InChI=1S/C9H13N3O4/c10-5-4-7(13)11-3-1-2-6(9(15)16)12(11)8(5)14/h5-6H,1-4,10H2,(H,15,16)/t5-,6?/m0/s1. The van der Waals surface area contributed by atoms with E-state index in [9.17, 15) is 14.4 Å². The third kappa shape index (κ3) is 1.53. The van der Waals surface area contributed by atoms with E-state index in [1.807, 2.05) is 0 Å². The molecular formula is C9H13N3O4. The van der Waals surface area contributed by atoms with Crippen molar-refractivity contribution in [1.82, 2.24) is 10.0 Å². The first kappa shape index (κ1) is 10.9. The van der Waals surface area contributed by atoms with E-state index in [4.69, 9.17) is 10.8 Å². The number of hydrogen-bond acceptors (Lipinski definition) is 4. The summed E-state index contributed by atoms with van der Waals surface area (Å²) in [4.78, 5) is 34.4. The fourth-order valence-corrected chi connectivity index (χ4v) is 2.13. The molecule has 0 aromatic rings. The third-order valence-corrected chi connectivity index (χ3v) is 2.91. The Bertz CT molecular complexity index is 351. The Labute approximate surface area is 91.8 Å². The molecule has 2 atom stereocenters. The smallest absolute Gasteiger partial charge is 0.328 e. The maximum absolute atomic E-state index is 11.8. The molecule has 2 aliphatic heterocycles. The van der Waals surface area contributed by atoms with Gasteiger partial charge in [-0.2, -0.15) is 0 Å². The minimum atomic E-state index is -1.10. The molecule has 7 nitrogen and oxygen atoms in total. The summed E-state index contributed by atoms with van der Waals surface area (Å²) in [5.41, 5.74) is 5.51. The van der Waals surface area contributed by atoms with E-state index < -0.39 is 24.0 Å². The SMILES string of the molecule is N[C@H]1CC(=O)N2CCCC(C(=O)O)N2C1=O. The number of carboxylic acids is 1. The quantitative estimate of drug-likeness (QED) is 0.569. The normalized spacial score (nSPS) is 30.3. The molecule has 2 amide bonds. The van der Waals surface area contributed by atoms with Crippen LogP contribution in [0.5, 0.6) is 0 Å². The van der Waals surface area contributed by atoms with Crippen LogP contribution in [0.3, 0.4) is 0 Å². The van der Waals surface area contributed by atoms with Crippen LogP contribution in [0.1, 0.15) is 19.3 Å². The number of nitrogens with zero attached hydrogens (tertiary/aromatic N) is 2. The number of hydrogen-bond donors (Lipinski definition) is 2. The zero-order valence-corrected chi connectivity index (χ0v) is 8.63. The number of hydrazine groups is 1. The van der Waals surface area contributed by atoms with E-state index >= 15 is 0 Å². The predicted molar refractivity (Wildman–Crippen MR) is 51.8 cm³/mol. The Morgan fingerprint density at radius 1 is 1.44 bits per heavy atom. The maximum Gasteiger partial charge on any atom is 0.328 e. The minimum Gasteiger partial charge on any atom is -0.480 e. The molecule has 16 heavy (non-hydrogen) atoms. The average Bonchev–Trinajstić information content (AvgIpc) is 2.25. The molecule has 3 N–H and O–H groups in total. The molecule has 0 spiro atoms. The third-order valence-electron chi connectivity index (χ3n) is 2.91. The van der Waals surface area contributed by atoms with E-state index in [1.165, 1.54) is 5.01 Å². The number of fused-ring (bicyclic) bond motifs is 1. The van der Waals surface area contributed by atoms with Gasteiger partial charge in [0.1, 0.15) is 0 Å². The lowest BCUT2D eigenvalue weighted by atomic mass is 10.0. The van der Waals surface area contributed by atoms with E-state index in [2.05, 4.69) is 0 Å². The van der Waals surface area contributed by atoms with Gasteiger partial charge in [-0.05, 0) is 12.8 Å². The second-order valence-corrected chi connectivity index (χ2v) is 4.01. The van der Waals surface area contributed by atoms with Crippen LogP contribution in [-0.4, -0.2) is 51.5 Å². The predicted octanol–water partition coefficient (Wildman–Crippen LogP) is -1.46. The van der Waals surface area contributed by atoms with Crippen molar-refractivity contribution in [2.75, 3.05) is 6.54 Å². The van der Waals surface area contributed by atoms with Gasteiger partial charge < -0.3 is 10.8 Å². The van der Waals surface area contributed by atoms with Gasteiger partial charge in [0, 0.05) is 6.54 Å². The first-order chi connectivity index (χ1) is 7.52. The molecule has 0 bridgehead atoms. The molecule has 0 radical (unpaired) electrons. The van der Waals surface area contributed by atoms with Gasteiger partial charge in [0.15, 0.2) is 6.04 Å². The van der Waals surface area contributed by atoms with Gasteiger partial charge >= 0.3 is 5.97 Å². The molecule has 2 heterocycles. The van der Waals surface area contributed by atoms with Crippen molar-refractivity contribution < 1.29 is 19.5 Å². The fraction of sp³-hybridized carbons (Fsp3) is 0.667. The van der Waals surface area contributed by atoms with Gasteiger partial charge in [0.25, 0.3) is 5.91 Å². The van der Waals surface area contributed by atoms with Gasteiger partial charge in [-0.25, -0.2) is 9.80 Å². The summed E-state index contributed by atoms with van der Waals surface area (Å²) < 4.78 is 0. The summed E-state index contributed by atoms with van der Waals surface area (Å²) in [7, 11) is 0. The largest absolute Gasteiger partial charge is 0.480 e. The first-order valence-electron chi connectivity index (χ1n) is 5.14. The molecular weight excluding hydrogens is 214 g/mol. The van der Waals surface area contributed by atoms with E-state index in [0.29, 0.717) is 19.4 Å². The van der Waals surface area contributed by atoms with Gasteiger partial charge in [-0.1, -0.05) is 0 Å². The summed E-state index contributed by atoms with van der Waals surface area (Å²) in [5, 5.41) is 11.2. The Kier molecular flexibility index (Phi) is 2.55. The first-order valence-corrected chi connectivity index (χ1v) is 5.14. The van der Waals surface area contributed by atoms with Crippen LogP contribution in [0.2, 0.25) is 0 Å². The molecule has 0 aromatic carbocycles. The molecule has 7 heteroatoms. The number of rotatable bonds is 1. The Morgan fingerprint density at radius 2 is 2.12 bits per heavy atom. The van der Waals surface area contributed by atoms with Crippen LogP contribution in [0.15, 0.2) is 0 Å². The summed E-state index contributed by atoms with van der Waals surface area (Å²) in [6.07, 6.45) is 0.904. The number of carbonyl (C=O) groups is 3. The van der Waals surface area contributed by atoms with Crippen LogP contribution >= 0.6 is 0 Å². The summed E-state index contributed by atoms with van der Waals surface area (Å²) in [5.74, 6) is -1.86. The number of carboxylic acid groups (broad SMARTS) is 1. The summed E-state index contributed by atoms with van der Waals surface area (Å²) >= 11 is 0. The lowest BCUT2D eigenvalue weighted by molar-refractivity contribution is -0.189. The van der Waals surface area contributed by atoms with E-state index in [0.717, 1.165) is 5.01 Å². The molecule has 2 fully saturated rings. The number of amides is 2. The highest BCUT2D eigenvalue weighted by atomic mass is 16.4. The highest BCUT2D eigenvalue weighted by Crippen LogP contribution is 2.24. The summed E-state index contributed by atoms with van der Waals surface area (Å²) in [6.45, 7) is 0.390. The maximum atomic E-state index is 11.8. The molecule has 2 aliphatic rings. The van der Waals surface area contributed by atoms with Gasteiger partial charge in [-0.3, -0.25) is 14.6 Å². The summed E-state index contributed by atoms with van der Waals surface area (Å²) in [6, 6.07) is -1.87. The zero-order chi connectivity index (χ0) is 11.9. The number of carbonyl (C=O) groups excluding carboxylic acids is 2. The topological polar surface area (TPSA) is 104 Å². The van der Waals surface area contributed by atoms with Crippen molar-refractivity contribution in [2.45, 2.75) is 31.3 Å². The Hall–Kier alpha value is -1.63. The molecule has 0 aromatic heterocycles. The zero-order valence-electron chi connectivity index (χ0n) is 8.63. The molecule has 0 saturated carbocycles. The molecule has 2 rings (SSSR count). The van der Waals surface area contributed by atoms with Gasteiger partial charge in [0.2, 0.25) is 5.91 Å². The van der Waals surface area contributed by atoms with E-state index in [-0.39, 0.29) is 12.3 Å². The molecule has 2 saturated heterocycles. The van der Waals surface area contributed by atoms with E-state index in [1.54, 1.807) is 0 Å². The minimum absolute atomic E-state index is 0.0400. The average molecular weight is 227 g/mol. The van der Waals surface area contributed by atoms with Gasteiger partial charge in [-0.15, -0.1) is 0 Å². The molecule has 88 valence electrons. The van der Waals surface area contributed by atoms with Crippen molar-refractivity contribution in [3.8, 4) is 0 Å². The second kappa shape index (κ2) is 3.75.